The Morgan fingerprint density at radius 2 is 1.88 bits per heavy atom. The first-order valence-corrected chi connectivity index (χ1v) is 13.6. The van der Waals surface area contributed by atoms with Gasteiger partial charge in [0, 0.05) is 29.3 Å². The van der Waals surface area contributed by atoms with E-state index in [1.165, 1.54) is 6.08 Å². The molecule has 0 saturated heterocycles. The van der Waals surface area contributed by atoms with Crippen LogP contribution in [0.1, 0.15) is 34.5 Å². The molecule has 2 aromatic heterocycles. The van der Waals surface area contributed by atoms with Gasteiger partial charge in [0.15, 0.2) is 0 Å². The molecule has 0 bridgehead atoms. The molecule has 8 nitrogen and oxygen atoms in total. The highest BCUT2D eigenvalue weighted by atomic mass is 16.5. The Balaban J connectivity index is 1.29. The number of aromatic hydroxyl groups is 1. The molecular weight excluding hydrogens is 514 g/mol. The van der Waals surface area contributed by atoms with Crippen LogP contribution in [0.25, 0.3) is 22.9 Å². The van der Waals surface area contributed by atoms with Crippen LogP contribution < -0.4 is 15.4 Å². The molecule has 2 heterocycles. The predicted molar refractivity (Wildman–Crippen MR) is 162 cm³/mol. The van der Waals surface area contributed by atoms with Gasteiger partial charge < -0.3 is 20.5 Å². The minimum Gasteiger partial charge on any atom is -0.508 e. The summed E-state index contributed by atoms with van der Waals surface area (Å²) in [5, 5.41) is 17.3. The number of methoxy groups -OCH3 is 1. The number of aryl methyl sites for hydroxylation is 2. The molecule has 3 aromatic carbocycles. The van der Waals surface area contributed by atoms with Crippen LogP contribution in [0.3, 0.4) is 0 Å². The number of hydrogen-bond acceptors (Lipinski definition) is 6. The lowest BCUT2D eigenvalue weighted by atomic mass is 10.2. The second-order valence-electron chi connectivity index (χ2n) is 10.1. The number of amides is 1. The van der Waals surface area contributed by atoms with Crippen molar-refractivity contribution in [2.75, 3.05) is 17.7 Å². The maximum Gasteiger partial charge on any atom is 0.248 e. The second-order valence-corrected chi connectivity index (χ2v) is 10.1. The SMILES string of the molecule is COc1ccc(/C=C/C(=O)Nc2cccc3c2cc(C)n3-c2nc3c(c(NCc4cccc(O)c4)n2)CCC3)cc1. The molecule has 1 amide bonds. The van der Waals surface area contributed by atoms with Gasteiger partial charge in [0.25, 0.3) is 0 Å². The lowest BCUT2D eigenvalue weighted by molar-refractivity contribution is -0.111. The normalized spacial score (nSPS) is 12.5. The summed E-state index contributed by atoms with van der Waals surface area (Å²) in [6.07, 6.45) is 6.18. The molecule has 0 saturated carbocycles. The van der Waals surface area contributed by atoms with Crippen LogP contribution in [0, 0.1) is 6.92 Å². The second kappa shape index (κ2) is 11.2. The largest absolute Gasteiger partial charge is 0.508 e. The number of nitrogens with one attached hydrogen (secondary N) is 2. The third kappa shape index (κ3) is 5.49. The van der Waals surface area contributed by atoms with Gasteiger partial charge in [-0.2, -0.15) is 4.98 Å². The van der Waals surface area contributed by atoms with E-state index in [-0.39, 0.29) is 11.7 Å². The fraction of sp³-hybridized carbons (Fsp3) is 0.182. The van der Waals surface area contributed by atoms with E-state index < -0.39 is 0 Å². The highest BCUT2D eigenvalue weighted by molar-refractivity contribution is 6.07. The zero-order valence-corrected chi connectivity index (χ0v) is 23.0. The maximum atomic E-state index is 12.8. The average molecular weight is 546 g/mol. The number of rotatable bonds is 8. The summed E-state index contributed by atoms with van der Waals surface area (Å²) in [6.45, 7) is 2.56. The molecule has 0 fully saturated rings. The van der Waals surface area contributed by atoms with Crippen molar-refractivity contribution in [3.8, 4) is 17.4 Å². The number of fused-ring (bicyclic) bond motifs is 2. The Kier molecular flexibility index (Phi) is 7.12. The average Bonchev–Trinajstić information content (AvgIpc) is 3.59. The van der Waals surface area contributed by atoms with Crippen molar-refractivity contribution >= 4 is 34.4 Å². The summed E-state index contributed by atoms with van der Waals surface area (Å²) < 4.78 is 7.23. The van der Waals surface area contributed by atoms with E-state index in [2.05, 4.69) is 16.7 Å². The van der Waals surface area contributed by atoms with E-state index >= 15 is 0 Å². The monoisotopic (exact) mass is 545 g/mol. The van der Waals surface area contributed by atoms with Crippen LogP contribution in [-0.4, -0.2) is 32.7 Å². The molecule has 0 atom stereocenters. The Bertz CT molecular complexity index is 1770. The van der Waals surface area contributed by atoms with Crippen molar-refractivity contribution in [3.63, 3.8) is 0 Å². The Labute approximate surface area is 238 Å². The lowest BCUT2D eigenvalue weighted by Gasteiger charge is -2.14. The van der Waals surface area contributed by atoms with E-state index in [4.69, 9.17) is 14.7 Å². The number of hydrogen-bond donors (Lipinski definition) is 3. The summed E-state index contributed by atoms with van der Waals surface area (Å²) in [5.74, 6) is 2.21. The summed E-state index contributed by atoms with van der Waals surface area (Å²) >= 11 is 0. The highest BCUT2D eigenvalue weighted by Crippen LogP contribution is 2.32. The van der Waals surface area contributed by atoms with Crippen molar-refractivity contribution in [1.29, 1.82) is 0 Å². The highest BCUT2D eigenvalue weighted by Gasteiger charge is 2.22. The van der Waals surface area contributed by atoms with Gasteiger partial charge >= 0.3 is 0 Å². The van der Waals surface area contributed by atoms with Crippen molar-refractivity contribution in [2.24, 2.45) is 0 Å². The number of nitrogens with zero attached hydrogens (tertiary/aromatic N) is 3. The van der Waals surface area contributed by atoms with E-state index in [0.717, 1.165) is 75.5 Å². The van der Waals surface area contributed by atoms with E-state index in [1.54, 1.807) is 25.3 Å². The standard InChI is InChI=1S/C33H31N5O3/c1-21-18-27-29(35-31(40)17-14-22-12-15-25(41-2)16-13-22)10-5-11-30(27)38(21)33-36-28-9-4-8-26(28)32(37-33)34-20-23-6-3-7-24(39)19-23/h3,5-7,10-19,39H,4,8-9,20H2,1-2H3,(H,35,40)(H,34,36,37)/b17-14+. The van der Waals surface area contributed by atoms with Gasteiger partial charge in [-0.05, 0) is 85.9 Å². The van der Waals surface area contributed by atoms with Gasteiger partial charge in [0.2, 0.25) is 11.9 Å². The first-order chi connectivity index (χ1) is 20.0. The number of carbonyl (C=O) groups is 1. The lowest BCUT2D eigenvalue weighted by Crippen LogP contribution is -2.11. The molecule has 3 N–H and O–H groups in total. The van der Waals surface area contributed by atoms with Crippen molar-refractivity contribution in [1.82, 2.24) is 14.5 Å². The molecule has 8 heteroatoms. The zero-order chi connectivity index (χ0) is 28.3. The summed E-state index contributed by atoms with van der Waals surface area (Å²) in [4.78, 5) is 22.8. The van der Waals surface area contributed by atoms with Crippen LogP contribution in [0.2, 0.25) is 0 Å². The molecule has 0 unspecified atom stereocenters. The molecule has 5 aromatic rings. The van der Waals surface area contributed by atoms with Crippen molar-refractivity contribution < 1.29 is 14.6 Å². The Morgan fingerprint density at radius 1 is 1.05 bits per heavy atom. The zero-order valence-electron chi connectivity index (χ0n) is 23.0. The number of benzene rings is 3. The number of aromatic nitrogens is 3. The van der Waals surface area contributed by atoms with Crippen LogP contribution in [0.4, 0.5) is 11.5 Å². The first-order valence-electron chi connectivity index (χ1n) is 13.6. The van der Waals surface area contributed by atoms with E-state index in [0.29, 0.717) is 12.5 Å². The molecule has 0 radical (unpaired) electrons. The topological polar surface area (TPSA) is 101 Å². The smallest absolute Gasteiger partial charge is 0.248 e. The molecule has 41 heavy (non-hydrogen) atoms. The fourth-order valence-electron chi connectivity index (χ4n) is 5.32. The Morgan fingerprint density at radius 3 is 2.68 bits per heavy atom. The summed E-state index contributed by atoms with van der Waals surface area (Å²) in [5.41, 5.74) is 6.69. The van der Waals surface area contributed by atoms with Crippen LogP contribution in [-0.2, 0) is 24.2 Å². The number of ether oxygens (including phenoxy) is 1. The maximum absolute atomic E-state index is 12.8. The fourth-order valence-corrected chi connectivity index (χ4v) is 5.32. The van der Waals surface area contributed by atoms with Crippen LogP contribution >= 0.6 is 0 Å². The molecular formula is C33H31N5O3. The third-order valence-electron chi connectivity index (χ3n) is 7.32. The number of carbonyl (C=O) groups excluding carboxylic acids is 1. The Hall–Kier alpha value is -5.11. The van der Waals surface area contributed by atoms with E-state index in [1.807, 2.05) is 66.1 Å². The van der Waals surface area contributed by atoms with E-state index in [9.17, 15) is 9.90 Å². The summed E-state index contributed by atoms with van der Waals surface area (Å²) in [6, 6.07) is 22.6. The van der Waals surface area contributed by atoms with Gasteiger partial charge in [-0.15, -0.1) is 0 Å². The third-order valence-corrected chi connectivity index (χ3v) is 7.32. The van der Waals surface area contributed by atoms with Crippen molar-refractivity contribution in [3.05, 3.63) is 107 Å². The van der Waals surface area contributed by atoms with Crippen LogP contribution in [0.15, 0.2) is 78.9 Å². The van der Waals surface area contributed by atoms with Gasteiger partial charge in [0.05, 0.1) is 24.0 Å². The molecule has 206 valence electrons. The number of phenols is 1. The number of anilines is 2. The molecule has 0 aliphatic heterocycles. The van der Waals surface area contributed by atoms with Gasteiger partial charge in [-0.3, -0.25) is 9.36 Å². The molecule has 6 rings (SSSR count). The number of phenolic OH excluding ortho intramolecular Hbond substituents is 1. The quantitative estimate of drug-likeness (QED) is 0.201. The van der Waals surface area contributed by atoms with Gasteiger partial charge in [-0.1, -0.05) is 30.3 Å². The van der Waals surface area contributed by atoms with Crippen LogP contribution in [0.5, 0.6) is 11.5 Å². The van der Waals surface area contributed by atoms with Crippen molar-refractivity contribution in [2.45, 2.75) is 32.7 Å². The minimum absolute atomic E-state index is 0.217. The molecule has 1 aliphatic rings. The minimum atomic E-state index is -0.217. The molecule has 0 spiro atoms. The summed E-state index contributed by atoms with van der Waals surface area (Å²) in [7, 11) is 1.62. The first kappa shape index (κ1) is 26.1. The van der Waals surface area contributed by atoms with Gasteiger partial charge in [0.1, 0.15) is 17.3 Å². The predicted octanol–water partition coefficient (Wildman–Crippen LogP) is 6.20. The van der Waals surface area contributed by atoms with Gasteiger partial charge in [-0.25, -0.2) is 4.98 Å². The molecule has 1 aliphatic carbocycles.